The van der Waals surface area contributed by atoms with Crippen molar-refractivity contribution in [3.8, 4) is 0 Å². The Balaban J connectivity index is 1.84. The van der Waals surface area contributed by atoms with Gasteiger partial charge in [-0.1, -0.05) is 104 Å². The van der Waals surface area contributed by atoms with Crippen molar-refractivity contribution in [2.75, 3.05) is 10.0 Å². The minimum atomic E-state index is -3.81. The number of unbranched alkanes of at least 4 members (excludes halogenated alkanes) is 9. The molecule has 0 aliphatic heterocycles. The monoisotopic (exact) mass is 576 g/mol. The van der Waals surface area contributed by atoms with E-state index in [4.69, 9.17) is 11.6 Å². The Kier molecular flexibility index (Phi) is 13.5. The van der Waals surface area contributed by atoms with Gasteiger partial charge in [0.05, 0.1) is 10.6 Å². The number of Topliss-reactive ketones (excluding diaryl/α,β-unsaturated/α-hetero) is 1. The van der Waals surface area contributed by atoms with Crippen LogP contribution in [0.3, 0.4) is 0 Å². The lowest BCUT2D eigenvalue weighted by molar-refractivity contribution is -0.130. The lowest BCUT2D eigenvalue weighted by atomic mass is 9.88. The summed E-state index contributed by atoms with van der Waals surface area (Å²) in [4.78, 5) is 24.9. The van der Waals surface area contributed by atoms with Crippen LogP contribution in [0.1, 0.15) is 97.5 Å². The molecule has 0 bridgehead atoms. The molecule has 1 unspecified atom stereocenters. The highest BCUT2D eigenvalue weighted by Gasteiger charge is 2.33. The van der Waals surface area contributed by atoms with E-state index in [0.29, 0.717) is 5.69 Å². The van der Waals surface area contributed by atoms with Gasteiger partial charge in [-0.25, -0.2) is 8.42 Å². The van der Waals surface area contributed by atoms with Crippen LogP contribution in [0.2, 0.25) is 0 Å². The number of hydrogen-bond donors (Lipinski definition) is 2. The highest BCUT2D eigenvalue weighted by Crippen LogP contribution is 2.23. The molecule has 1 atom stereocenters. The number of aryl methyl sites for hydroxylation is 1. The van der Waals surface area contributed by atoms with E-state index < -0.39 is 32.5 Å². The Bertz CT molecular complexity index is 1160. The Morgan fingerprint density at radius 2 is 1.36 bits per heavy atom. The molecule has 0 saturated heterocycles. The number of halogens is 1. The van der Waals surface area contributed by atoms with Gasteiger partial charge in [0.25, 0.3) is 10.0 Å². The van der Waals surface area contributed by atoms with Crippen LogP contribution >= 0.6 is 11.6 Å². The number of carbonyl (C=O) groups is 2. The fourth-order valence-corrected chi connectivity index (χ4v) is 5.66. The zero-order valence-electron chi connectivity index (χ0n) is 23.9. The minimum absolute atomic E-state index is 0.167. The summed E-state index contributed by atoms with van der Waals surface area (Å²) >= 11 is 6.06. The van der Waals surface area contributed by atoms with Crippen molar-refractivity contribution < 1.29 is 18.0 Å². The van der Waals surface area contributed by atoms with E-state index in [9.17, 15) is 18.0 Å². The van der Waals surface area contributed by atoms with E-state index >= 15 is 0 Å². The highest BCUT2D eigenvalue weighted by atomic mass is 35.5. The summed E-state index contributed by atoms with van der Waals surface area (Å²) in [6, 6.07) is 13.3. The molecule has 1 amide bonds. The normalized spacial score (nSPS) is 12.6. The van der Waals surface area contributed by atoms with Gasteiger partial charge < -0.3 is 5.32 Å². The molecule has 0 saturated carbocycles. The number of alkyl halides is 1. The molecule has 0 fully saturated rings. The van der Waals surface area contributed by atoms with Crippen LogP contribution in [0.15, 0.2) is 53.4 Å². The van der Waals surface area contributed by atoms with Crippen molar-refractivity contribution in [2.24, 2.45) is 5.41 Å². The van der Waals surface area contributed by atoms with Crippen LogP contribution in [0, 0.1) is 5.41 Å². The topological polar surface area (TPSA) is 92.3 Å². The number of carbonyl (C=O) groups excluding carboxylic acids is 2. The fraction of sp³-hybridized carbons (Fsp3) is 0.548. The molecule has 6 nitrogen and oxygen atoms in total. The van der Waals surface area contributed by atoms with Crippen LogP contribution in [0.5, 0.6) is 0 Å². The summed E-state index contributed by atoms with van der Waals surface area (Å²) in [5.74, 6) is -1.05. The molecule has 8 heteroatoms. The largest absolute Gasteiger partial charge is 0.324 e. The van der Waals surface area contributed by atoms with Gasteiger partial charge in [-0.3, -0.25) is 14.3 Å². The molecule has 2 N–H and O–H groups in total. The van der Waals surface area contributed by atoms with Crippen molar-refractivity contribution in [3.63, 3.8) is 0 Å². The van der Waals surface area contributed by atoms with Crippen molar-refractivity contribution in [2.45, 2.75) is 109 Å². The number of anilines is 2. The smallest absolute Gasteiger partial charge is 0.261 e. The van der Waals surface area contributed by atoms with Gasteiger partial charge in [0.15, 0.2) is 11.2 Å². The third kappa shape index (κ3) is 11.7. The number of sulfonamides is 1. The van der Waals surface area contributed by atoms with Crippen LogP contribution in [0.25, 0.3) is 0 Å². The lowest BCUT2D eigenvalue weighted by Gasteiger charge is -2.20. The highest BCUT2D eigenvalue weighted by molar-refractivity contribution is 7.92. The zero-order valence-corrected chi connectivity index (χ0v) is 25.5. The molecule has 0 aliphatic rings. The average molecular weight is 577 g/mol. The molecule has 0 aliphatic carbocycles. The molecule has 39 heavy (non-hydrogen) atoms. The second kappa shape index (κ2) is 16.0. The first-order valence-electron chi connectivity index (χ1n) is 14.1. The van der Waals surface area contributed by atoms with Crippen molar-refractivity contribution in [1.29, 1.82) is 0 Å². The quantitative estimate of drug-likeness (QED) is 0.113. The third-order valence-electron chi connectivity index (χ3n) is 6.63. The minimum Gasteiger partial charge on any atom is -0.324 e. The predicted octanol–water partition coefficient (Wildman–Crippen LogP) is 8.11. The summed E-state index contributed by atoms with van der Waals surface area (Å²) in [5.41, 5.74) is 0.984. The maximum absolute atomic E-state index is 12.9. The first kappa shape index (κ1) is 32.8. The average Bonchev–Trinajstić information content (AvgIpc) is 2.88. The molecule has 0 spiro atoms. The number of hydrogen-bond acceptors (Lipinski definition) is 4. The summed E-state index contributed by atoms with van der Waals surface area (Å²) < 4.78 is 28.4. The summed E-state index contributed by atoms with van der Waals surface area (Å²) in [6.07, 6.45) is 13.8. The molecule has 2 aromatic rings. The van der Waals surface area contributed by atoms with Gasteiger partial charge in [-0.2, -0.15) is 0 Å². The number of rotatable bonds is 17. The van der Waals surface area contributed by atoms with Crippen LogP contribution in [0.4, 0.5) is 11.4 Å². The van der Waals surface area contributed by atoms with Crippen LogP contribution < -0.4 is 10.0 Å². The number of ketones is 1. The fourth-order valence-electron chi connectivity index (χ4n) is 4.23. The Morgan fingerprint density at radius 1 is 0.821 bits per heavy atom. The van der Waals surface area contributed by atoms with Crippen LogP contribution in [-0.4, -0.2) is 25.5 Å². The molecular weight excluding hydrogens is 532 g/mol. The van der Waals surface area contributed by atoms with Gasteiger partial charge in [-0.05, 0) is 48.7 Å². The maximum atomic E-state index is 12.9. The molecule has 216 valence electrons. The third-order valence-corrected chi connectivity index (χ3v) is 8.43. The molecule has 2 aromatic carbocycles. The van der Waals surface area contributed by atoms with E-state index in [1.54, 1.807) is 51.1 Å². The van der Waals surface area contributed by atoms with Crippen molar-refractivity contribution in [3.05, 3.63) is 54.1 Å². The van der Waals surface area contributed by atoms with Crippen molar-refractivity contribution >= 4 is 44.7 Å². The van der Waals surface area contributed by atoms with E-state index in [1.807, 2.05) is 12.1 Å². The SMILES string of the molecule is CCCCCCCCCCCCc1ccc(S(=O)(=O)Nc2cccc(NC(=O)C(Cl)C(=O)C(C)(C)C)c2)cc1. The molecule has 0 radical (unpaired) electrons. The first-order chi connectivity index (χ1) is 18.4. The van der Waals surface area contributed by atoms with E-state index in [2.05, 4.69) is 17.0 Å². The van der Waals surface area contributed by atoms with E-state index in [1.165, 1.54) is 63.9 Å². The lowest BCUT2D eigenvalue weighted by Crippen LogP contribution is -2.37. The van der Waals surface area contributed by atoms with Crippen LogP contribution in [-0.2, 0) is 26.0 Å². The summed E-state index contributed by atoms with van der Waals surface area (Å²) in [5, 5.41) is 1.24. The molecule has 0 heterocycles. The molecule has 2 rings (SSSR count). The van der Waals surface area contributed by atoms with Gasteiger partial charge in [-0.15, -0.1) is 11.6 Å². The molecular formula is C31H45ClN2O4S. The Hall–Kier alpha value is -2.38. The van der Waals surface area contributed by atoms with Gasteiger partial charge in [0.1, 0.15) is 0 Å². The summed E-state index contributed by atoms with van der Waals surface area (Å²) in [7, 11) is -3.81. The van der Waals surface area contributed by atoms with Gasteiger partial charge in [0, 0.05) is 11.1 Å². The van der Waals surface area contributed by atoms with Crippen molar-refractivity contribution in [1.82, 2.24) is 0 Å². The Morgan fingerprint density at radius 3 is 1.92 bits per heavy atom. The Labute approximate surface area is 240 Å². The van der Waals surface area contributed by atoms with E-state index in [0.717, 1.165) is 18.4 Å². The number of amides is 1. The number of nitrogens with one attached hydrogen (secondary N) is 2. The maximum Gasteiger partial charge on any atom is 0.261 e. The summed E-state index contributed by atoms with van der Waals surface area (Å²) in [6.45, 7) is 7.32. The first-order valence-corrected chi connectivity index (χ1v) is 16.1. The van der Waals surface area contributed by atoms with Gasteiger partial charge in [0.2, 0.25) is 5.91 Å². The second-order valence-electron chi connectivity index (χ2n) is 11.2. The second-order valence-corrected chi connectivity index (χ2v) is 13.3. The standard InChI is InChI=1S/C31H45ClN2O4S/c1-5-6-7-8-9-10-11-12-13-14-16-24-19-21-27(22-20-24)39(37,38)34-26-18-15-17-25(23-26)33-30(36)28(32)29(35)31(2,3)4/h15,17-23,28,34H,5-14,16H2,1-4H3,(H,33,36). The zero-order chi connectivity index (χ0) is 28.9. The van der Waals surface area contributed by atoms with E-state index in [-0.39, 0.29) is 10.6 Å². The molecule has 0 aromatic heterocycles. The predicted molar refractivity (Wildman–Crippen MR) is 162 cm³/mol. The number of benzene rings is 2. The van der Waals surface area contributed by atoms with Gasteiger partial charge >= 0.3 is 0 Å².